The Kier molecular flexibility index (Phi) is 3.73. The second kappa shape index (κ2) is 5.79. The minimum atomic E-state index is -0.0859. The highest BCUT2D eigenvalue weighted by atomic mass is 35.5. The third-order valence-corrected chi connectivity index (χ3v) is 5.02. The van der Waals surface area contributed by atoms with Crippen LogP contribution in [-0.2, 0) is 13.1 Å². The van der Waals surface area contributed by atoms with Gasteiger partial charge in [-0.05, 0) is 18.9 Å². The number of benzene rings is 1. The van der Waals surface area contributed by atoms with Crippen molar-refractivity contribution in [3.8, 4) is 11.3 Å². The maximum Gasteiger partial charge on any atom is 0.318 e. The van der Waals surface area contributed by atoms with E-state index in [9.17, 15) is 4.79 Å². The molecule has 0 unspecified atom stereocenters. The number of anilines is 1. The predicted molar refractivity (Wildman–Crippen MR) is 92.7 cm³/mol. The van der Waals surface area contributed by atoms with Gasteiger partial charge in [0.15, 0.2) is 0 Å². The van der Waals surface area contributed by atoms with Gasteiger partial charge < -0.3 is 16.0 Å². The van der Waals surface area contributed by atoms with Crippen LogP contribution in [0, 0.1) is 0 Å². The van der Waals surface area contributed by atoms with Gasteiger partial charge in [0.2, 0.25) is 5.95 Å². The molecule has 6 nitrogen and oxygen atoms in total. The zero-order valence-corrected chi connectivity index (χ0v) is 14.2. The zero-order chi connectivity index (χ0) is 16.8. The summed E-state index contributed by atoms with van der Waals surface area (Å²) < 4.78 is 0. The maximum atomic E-state index is 12.3. The average molecular weight is 364 g/mol. The highest BCUT2D eigenvalue weighted by Crippen LogP contribution is 2.37. The third-order valence-electron chi connectivity index (χ3n) is 4.20. The monoisotopic (exact) mass is 363 g/mol. The number of nitrogens with two attached hydrogens (primary N) is 1. The molecule has 2 aromatic rings. The number of fused-ring (bicyclic) bond motifs is 1. The van der Waals surface area contributed by atoms with Crippen LogP contribution >= 0.6 is 23.2 Å². The van der Waals surface area contributed by atoms with Crippen LogP contribution in [0.3, 0.4) is 0 Å². The molecule has 0 saturated heterocycles. The van der Waals surface area contributed by atoms with E-state index in [0.717, 1.165) is 24.1 Å². The second-order valence-electron chi connectivity index (χ2n) is 6.04. The second-order valence-corrected chi connectivity index (χ2v) is 6.82. The van der Waals surface area contributed by atoms with E-state index < -0.39 is 0 Å². The summed E-state index contributed by atoms with van der Waals surface area (Å²) >= 11 is 12.4. The number of urea groups is 1. The summed E-state index contributed by atoms with van der Waals surface area (Å²) in [6.45, 7) is 0.831. The highest BCUT2D eigenvalue weighted by molar-refractivity contribution is 6.43. The van der Waals surface area contributed by atoms with Crippen LogP contribution in [0.15, 0.2) is 18.2 Å². The predicted octanol–water partition coefficient (Wildman–Crippen LogP) is 3.22. The van der Waals surface area contributed by atoms with E-state index in [2.05, 4.69) is 15.3 Å². The SMILES string of the molecule is Nc1nc2c(c(-c3cccc(Cl)c3Cl)n1)CN(C(=O)NC1CC1)C2. The molecule has 0 bridgehead atoms. The first-order chi connectivity index (χ1) is 11.5. The Balaban J connectivity index is 1.71. The van der Waals surface area contributed by atoms with E-state index in [0.29, 0.717) is 40.4 Å². The Labute approximate surface area is 149 Å². The van der Waals surface area contributed by atoms with Gasteiger partial charge in [-0.15, -0.1) is 0 Å². The van der Waals surface area contributed by atoms with Gasteiger partial charge in [-0.25, -0.2) is 14.8 Å². The fraction of sp³-hybridized carbons (Fsp3) is 0.312. The number of nitrogens with one attached hydrogen (secondary N) is 1. The van der Waals surface area contributed by atoms with Gasteiger partial charge in [-0.2, -0.15) is 0 Å². The van der Waals surface area contributed by atoms with Crippen LogP contribution in [0.25, 0.3) is 11.3 Å². The van der Waals surface area contributed by atoms with Crippen LogP contribution in [0.4, 0.5) is 10.7 Å². The van der Waals surface area contributed by atoms with Crippen molar-refractivity contribution >= 4 is 35.2 Å². The molecule has 1 aliphatic heterocycles. The topological polar surface area (TPSA) is 84.1 Å². The summed E-state index contributed by atoms with van der Waals surface area (Å²) in [5.74, 6) is 0.157. The lowest BCUT2D eigenvalue weighted by Crippen LogP contribution is -2.37. The molecule has 1 aromatic heterocycles. The Morgan fingerprint density at radius 2 is 2.04 bits per heavy atom. The number of halogens is 2. The minimum absolute atomic E-state index is 0.0859. The standard InChI is InChI=1S/C16H15Cl2N5O/c17-11-3-1-2-9(13(11)18)14-10-6-23(16(24)20-8-4-5-8)7-12(10)21-15(19)22-14/h1-3,8H,4-7H2,(H,20,24)(H2,19,21,22). The van der Waals surface area contributed by atoms with Crippen molar-refractivity contribution in [2.75, 3.05) is 5.73 Å². The van der Waals surface area contributed by atoms with Gasteiger partial charge in [0.05, 0.1) is 34.5 Å². The average Bonchev–Trinajstić information content (AvgIpc) is 3.25. The third kappa shape index (κ3) is 2.76. The number of carbonyl (C=O) groups is 1. The molecule has 0 atom stereocenters. The molecule has 2 amide bonds. The first-order valence-corrected chi connectivity index (χ1v) is 8.43. The first-order valence-electron chi connectivity index (χ1n) is 7.68. The van der Waals surface area contributed by atoms with Gasteiger partial charge in [-0.3, -0.25) is 0 Å². The first kappa shape index (κ1) is 15.5. The Bertz CT molecular complexity index is 837. The van der Waals surface area contributed by atoms with Crippen LogP contribution in [0.1, 0.15) is 24.1 Å². The molecule has 4 rings (SSSR count). The molecule has 0 radical (unpaired) electrons. The van der Waals surface area contributed by atoms with Crippen molar-refractivity contribution in [1.29, 1.82) is 0 Å². The van der Waals surface area contributed by atoms with Crippen molar-refractivity contribution in [1.82, 2.24) is 20.2 Å². The lowest BCUT2D eigenvalue weighted by atomic mass is 10.1. The number of carbonyl (C=O) groups excluding carboxylic acids is 1. The fourth-order valence-corrected chi connectivity index (χ4v) is 3.21. The number of hydrogen-bond acceptors (Lipinski definition) is 4. The fourth-order valence-electron chi connectivity index (χ4n) is 2.82. The van der Waals surface area contributed by atoms with Crippen molar-refractivity contribution in [2.45, 2.75) is 32.0 Å². The molecule has 8 heteroatoms. The number of hydrogen-bond donors (Lipinski definition) is 2. The molecule has 24 heavy (non-hydrogen) atoms. The summed E-state index contributed by atoms with van der Waals surface area (Å²) in [5, 5.41) is 3.85. The van der Waals surface area contributed by atoms with E-state index in [1.165, 1.54) is 0 Å². The van der Waals surface area contributed by atoms with Crippen molar-refractivity contribution in [3.63, 3.8) is 0 Å². The molecule has 1 aliphatic carbocycles. The summed E-state index contributed by atoms with van der Waals surface area (Å²) in [6, 6.07) is 5.58. The minimum Gasteiger partial charge on any atom is -0.368 e. The molecule has 124 valence electrons. The lowest BCUT2D eigenvalue weighted by molar-refractivity contribution is 0.197. The molecule has 1 fully saturated rings. The number of aromatic nitrogens is 2. The Hall–Kier alpha value is -2.05. The molecule has 1 saturated carbocycles. The molecule has 1 aromatic carbocycles. The summed E-state index contributed by atoms with van der Waals surface area (Å²) in [4.78, 5) is 22.7. The number of nitrogens with zero attached hydrogens (tertiary/aromatic N) is 3. The molecular weight excluding hydrogens is 349 g/mol. The lowest BCUT2D eigenvalue weighted by Gasteiger charge is -2.16. The largest absolute Gasteiger partial charge is 0.368 e. The van der Waals surface area contributed by atoms with Crippen LogP contribution in [-0.4, -0.2) is 26.9 Å². The van der Waals surface area contributed by atoms with Crippen molar-refractivity contribution < 1.29 is 4.79 Å². The molecule has 2 aliphatic rings. The van der Waals surface area contributed by atoms with Gasteiger partial charge in [0, 0.05) is 17.2 Å². The van der Waals surface area contributed by atoms with Crippen LogP contribution < -0.4 is 11.1 Å². The quantitative estimate of drug-likeness (QED) is 0.857. The van der Waals surface area contributed by atoms with E-state index in [-0.39, 0.29) is 12.0 Å². The highest BCUT2D eigenvalue weighted by Gasteiger charge is 2.32. The van der Waals surface area contributed by atoms with Gasteiger partial charge in [0.1, 0.15) is 0 Å². The number of amides is 2. The zero-order valence-electron chi connectivity index (χ0n) is 12.7. The molecule has 3 N–H and O–H groups in total. The van der Waals surface area contributed by atoms with E-state index in [1.807, 2.05) is 6.07 Å². The maximum absolute atomic E-state index is 12.3. The number of nitrogen functional groups attached to an aromatic ring is 1. The summed E-state index contributed by atoms with van der Waals surface area (Å²) in [7, 11) is 0. The van der Waals surface area contributed by atoms with E-state index in [1.54, 1.807) is 17.0 Å². The van der Waals surface area contributed by atoms with Crippen LogP contribution in [0.5, 0.6) is 0 Å². The smallest absolute Gasteiger partial charge is 0.318 e. The molecule has 2 heterocycles. The normalized spacial score (nSPS) is 16.2. The Morgan fingerprint density at radius 3 is 2.79 bits per heavy atom. The molecule has 0 spiro atoms. The van der Waals surface area contributed by atoms with Gasteiger partial charge in [-0.1, -0.05) is 35.3 Å². The van der Waals surface area contributed by atoms with E-state index >= 15 is 0 Å². The van der Waals surface area contributed by atoms with Crippen molar-refractivity contribution in [2.24, 2.45) is 0 Å². The molecular formula is C16H15Cl2N5O. The summed E-state index contributed by atoms with van der Waals surface area (Å²) in [6.07, 6.45) is 2.09. The Morgan fingerprint density at radius 1 is 1.25 bits per heavy atom. The summed E-state index contributed by atoms with van der Waals surface area (Å²) in [5.41, 5.74) is 8.79. The van der Waals surface area contributed by atoms with Crippen LogP contribution in [0.2, 0.25) is 10.0 Å². The van der Waals surface area contributed by atoms with E-state index in [4.69, 9.17) is 28.9 Å². The number of rotatable bonds is 2. The van der Waals surface area contributed by atoms with Crippen molar-refractivity contribution in [3.05, 3.63) is 39.5 Å². The van der Waals surface area contributed by atoms with Gasteiger partial charge in [0.25, 0.3) is 0 Å². The van der Waals surface area contributed by atoms with Gasteiger partial charge >= 0.3 is 6.03 Å².